The first-order valence-corrected chi connectivity index (χ1v) is 6.00. The van der Waals surface area contributed by atoms with E-state index in [1.807, 2.05) is 0 Å². The van der Waals surface area contributed by atoms with E-state index in [2.05, 4.69) is 0 Å². The zero-order valence-electron chi connectivity index (χ0n) is 7.33. The third-order valence-electron chi connectivity index (χ3n) is 0. The first kappa shape index (κ1) is 30.5. The molecule has 17 heteroatoms. The molecule has 0 saturated carbocycles. The predicted octanol–water partition coefficient (Wildman–Crippen LogP) is -5.21. The zero-order valence-corrected chi connectivity index (χ0v) is 12.2. The molecular weight excluding hydrogens is 395 g/mol. The molecule has 0 rings (SSSR count). The summed E-state index contributed by atoms with van der Waals surface area (Å²) in [5.74, 6) is 0. The Morgan fingerprint density at radius 2 is 0.471 bits per heavy atom. The van der Waals surface area contributed by atoms with E-state index >= 15 is 0 Å². The van der Waals surface area contributed by atoms with E-state index in [0.29, 0.717) is 0 Å². The molecule has 13 nitrogen and oxygen atoms in total. The molecule has 104 valence electrons. The van der Waals surface area contributed by atoms with Crippen molar-refractivity contribution in [2.24, 2.45) is 0 Å². The molecular formula is H4O13S3Zr. The minimum absolute atomic E-state index is 0. The van der Waals surface area contributed by atoms with Gasteiger partial charge in [-0.25, -0.2) is 0 Å². The van der Waals surface area contributed by atoms with Crippen LogP contribution in [0.3, 0.4) is 0 Å². The second kappa shape index (κ2) is 11.5. The average molecular weight is 399 g/mol. The summed E-state index contributed by atoms with van der Waals surface area (Å²) in [5, 5.41) is 0. The van der Waals surface area contributed by atoms with Crippen molar-refractivity contribution in [3.05, 3.63) is 0 Å². The topological polar surface area (TPSA) is 275 Å². The van der Waals surface area contributed by atoms with Crippen LogP contribution in [0.2, 0.25) is 0 Å². The van der Waals surface area contributed by atoms with Crippen molar-refractivity contribution in [3.63, 3.8) is 0 Å². The van der Waals surface area contributed by atoms with Gasteiger partial charge in [-0.3, -0.25) is 25.3 Å². The summed E-state index contributed by atoms with van der Waals surface area (Å²) < 4.78 is 102. The molecule has 0 bridgehead atoms. The van der Waals surface area contributed by atoms with E-state index in [1.165, 1.54) is 0 Å². The normalized spacial score (nSPS) is 10.2. The minimum atomic E-state index is -5.17. The van der Waals surface area contributed by atoms with E-state index in [1.54, 1.807) is 0 Å². The smallest absolute Gasteiger partial charge is 0.873 e. The van der Waals surface area contributed by atoms with Gasteiger partial charge in [0.1, 0.15) is 0 Å². The van der Waals surface area contributed by atoms with Gasteiger partial charge in [0.15, 0.2) is 0 Å². The molecule has 0 spiro atoms. The maximum absolute atomic E-state index is 8.52. The fourth-order valence-electron chi connectivity index (χ4n) is 0. The summed E-state index contributed by atoms with van der Waals surface area (Å²) in [7, 11) is -15.5. The van der Waals surface area contributed by atoms with Crippen LogP contribution >= 0.6 is 0 Å². The van der Waals surface area contributed by atoms with Gasteiger partial charge in [-0.05, 0) is 0 Å². The van der Waals surface area contributed by atoms with Crippen LogP contribution < -0.4 is 0 Å². The molecule has 4 N–H and O–H groups in total. The molecule has 0 radical (unpaired) electrons. The molecule has 0 fully saturated rings. The van der Waals surface area contributed by atoms with Gasteiger partial charge in [0.05, 0.1) is 0 Å². The average Bonchev–Trinajstić information content (AvgIpc) is 1.41. The van der Waals surface area contributed by atoms with Gasteiger partial charge in [-0.2, -0.15) is 0 Å². The van der Waals surface area contributed by atoms with Gasteiger partial charge in [0.2, 0.25) is 0 Å². The van der Waals surface area contributed by atoms with Crippen molar-refractivity contribution in [2.75, 3.05) is 0 Å². The SMILES string of the molecule is O=S(=O)([O-])[O-].O=S(=O)([O-])[O-].O=S(=O)([O-])[O-].[OH4+2].[Zr+4]. The third kappa shape index (κ3) is 16700. The Labute approximate surface area is 115 Å². The van der Waals surface area contributed by atoms with Gasteiger partial charge in [-0.15, -0.1) is 0 Å². The largest absolute Gasteiger partial charge is 4.00 e. The number of rotatable bonds is 0. The first-order valence-electron chi connectivity index (χ1n) is 2.00. The van der Waals surface area contributed by atoms with Crippen LogP contribution in [0.25, 0.3) is 0 Å². The quantitative estimate of drug-likeness (QED) is 0.273. The molecule has 0 aromatic rings. The maximum Gasteiger partial charge on any atom is 4.00 e. The van der Waals surface area contributed by atoms with Crippen molar-refractivity contribution in [3.8, 4) is 0 Å². The van der Waals surface area contributed by atoms with Gasteiger partial charge < -0.3 is 32.8 Å². The summed E-state index contributed by atoms with van der Waals surface area (Å²) in [5.41, 5.74) is 0. The van der Waals surface area contributed by atoms with E-state index in [9.17, 15) is 0 Å². The van der Waals surface area contributed by atoms with Crippen molar-refractivity contribution in [1.29, 1.82) is 0 Å². The van der Waals surface area contributed by atoms with Gasteiger partial charge >= 0.3 is 26.2 Å². The Bertz CT molecular complexity index is 338. The number of hydrogen-bond acceptors (Lipinski definition) is 12. The first-order chi connectivity index (χ1) is 6.00. The Morgan fingerprint density at radius 3 is 0.471 bits per heavy atom. The Hall–Kier alpha value is 0.453. The second-order valence-electron chi connectivity index (χ2n) is 1.22. The number of hydrogen-bond donors (Lipinski definition) is 0. The molecule has 0 aliphatic carbocycles. The van der Waals surface area contributed by atoms with Crippen molar-refractivity contribution >= 4 is 31.2 Å². The van der Waals surface area contributed by atoms with Crippen molar-refractivity contribution in [1.82, 2.24) is 0 Å². The van der Waals surface area contributed by atoms with Crippen LogP contribution in [0.5, 0.6) is 0 Å². The summed E-state index contributed by atoms with van der Waals surface area (Å²) in [6, 6.07) is 0. The van der Waals surface area contributed by atoms with Crippen LogP contribution in [0, 0.1) is 0 Å². The summed E-state index contributed by atoms with van der Waals surface area (Å²) >= 11 is 0. The van der Waals surface area contributed by atoms with Crippen molar-refractivity contribution < 1.29 is 84.2 Å². The van der Waals surface area contributed by atoms with Crippen LogP contribution in [0.15, 0.2) is 0 Å². The fourth-order valence-corrected chi connectivity index (χ4v) is 0. The van der Waals surface area contributed by atoms with E-state index in [-0.39, 0.29) is 31.7 Å². The zero-order chi connectivity index (χ0) is 13.5. The Kier molecular flexibility index (Phi) is 20.7. The molecule has 0 saturated heterocycles. The molecule has 0 heterocycles. The van der Waals surface area contributed by atoms with Crippen LogP contribution in [-0.4, -0.2) is 52.6 Å². The molecule has 0 aliphatic rings. The summed E-state index contributed by atoms with van der Waals surface area (Å²) in [6.07, 6.45) is 0. The van der Waals surface area contributed by atoms with Gasteiger partial charge in [0.25, 0.3) is 0 Å². The molecule has 0 unspecified atom stereocenters. The van der Waals surface area contributed by atoms with Crippen LogP contribution in [-0.2, 0) is 62.9 Å². The van der Waals surface area contributed by atoms with Gasteiger partial charge in [0, 0.05) is 31.2 Å². The van der Waals surface area contributed by atoms with E-state index < -0.39 is 31.2 Å². The maximum atomic E-state index is 8.52. The minimum Gasteiger partial charge on any atom is -0.873 e. The van der Waals surface area contributed by atoms with Crippen LogP contribution in [0.1, 0.15) is 0 Å². The molecule has 0 aromatic carbocycles. The molecule has 0 aliphatic heterocycles. The fraction of sp³-hybridized carbons (Fsp3) is 0. The Morgan fingerprint density at radius 1 is 0.471 bits per heavy atom. The second-order valence-corrected chi connectivity index (χ2v) is 3.67. The van der Waals surface area contributed by atoms with E-state index in [0.717, 1.165) is 0 Å². The molecule has 0 amide bonds. The standard InChI is InChI=1S/3H2O4S.H4O.Zr/c3*1-5(2,3)4;;/h3*(H2,1,2,3,4);1H4;/q;;;+2;+4/p-6. The monoisotopic (exact) mass is 398 g/mol. The van der Waals surface area contributed by atoms with E-state index in [4.69, 9.17) is 52.6 Å². The van der Waals surface area contributed by atoms with Crippen molar-refractivity contribution in [2.45, 2.75) is 0 Å². The Balaban J connectivity index is -0.0000000400. The molecule has 0 aromatic heterocycles. The summed E-state index contributed by atoms with van der Waals surface area (Å²) in [6.45, 7) is 0. The predicted molar refractivity (Wildman–Crippen MR) is 37.7 cm³/mol. The molecule has 17 heavy (non-hydrogen) atoms. The summed E-state index contributed by atoms with van der Waals surface area (Å²) in [4.78, 5) is 0. The molecule has 0 atom stereocenters. The third-order valence-corrected chi connectivity index (χ3v) is 0. The van der Waals surface area contributed by atoms with Gasteiger partial charge in [-0.1, -0.05) is 0 Å². The van der Waals surface area contributed by atoms with Crippen LogP contribution in [0.4, 0.5) is 0 Å².